The molecule has 0 spiro atoms. The molecule has 1 aromatic carbocycles. The summed E-state index contributed by atoms with van der Waals surface area (Å²) >= 11 is 0. The van der Waals surface area contributed by atoms with Crippen LogP contribution in [0.25, 0.3) is 0 Å². The highest BCUT2D eigenvalue weighted by atomic mass is 16.5. The molecule has 6 nitrogen and oxygen atoms in total. The third-order valence-corrected chi connectivity index (χ3v) is 2.93. The van der Waals surface area contributed by atoms with Crippen LogP contribution in [0, 0.1) is 0 Å². The molecule has 2 N–H and O–H groups in total. The van der Waals surface area contributed by atoms with Gasteiger partial charge in [0.2, 0.25) is 5.91 Å². The predicted molar refractivity (Wildman–Crippen MR) is 78.5 cm³/mol. The first-order valence-corrected chi connectivity index (χ1v) is 6.84. The first-order chi connectivity index (χ1) is 10.1. The van der Waals surface area contributed by atoms with Crippen molar-refractivity contribution in [3.8, 4) is 0 Å². The molecule has 0 aromatic heterocycles. The van der Waals surface area contributed by atoms with Gasteiger partial charge in [-0.1, -0.05) is 30.3 Å². The van der Waals surface area contributed by atoms with Crippen molar-refractivity contribution in [3.63, 3.8) is 0 Å². The van der Waals surface area contributed by atoms with Crippen molar-refractivity contribution >= 4 is 11.9 Å². The highest BCUT2D eigenvalue weighted by molar-refractivity contribution is 5.86. The van der Waals surface area contributed by atoms with Crippen molar-refractivity contribution in [1.29, 1.82) is 0 Å². The summed E-state index contributed by atoms with van der Waals surface area (Å²) in [5.41, 5.74) is 6.68. The Morgan fingerprint density at radius 3 is 2.52 bits per heavy atom. The maximum Gasteiger partial charge on any atom is 0.325 e. The van der Waals surface area contributed by atoms with Gasteiger partial charge in [-0.3, -0.25) is 9.59 Å². The number of rotatable bonds is 8. The second-order valence-electron chi connectivity index (χ2n) is 4.45. The third kappa shape index (κ3) is 5.53. The van der Waals surface area contributed by atoms with Crippen LogP contribution in [-0.4, -0.2) is 50.2 Å². The number of nitrogens with two attached hydrogens (primary N) is 1. The number of hydrogen-bond donors (Lipinski definition) is 1. The Balaban J connectivity index is 2.76. The summed E-state index contributed by atoms with van der Waals surface area (Å²) in [5, 5.41) is 0. The largest absolute Gasteiger partial charge is 0.465 e. The lowest BCUT2D eigenvalue weighted by Gasteiger charge is -2.24. The molecule has 1 aromatic rings. The number of carbonyl (C=O) groups excluding carboxylic acids is 2. The third-order valence-electron chi connectivity index (χ3n) is 2.93. The molecule has 0 unspecified atom stereocenters. The highest BCUT2D eigenvalue weighted by Crippen LogP contribution is 2.12. The summed E-state index contributed by atoms with van der Waals surface area (Å²) in [7, 11) is 1.53. The molecule has 0 heterocycles. The second-order valence-corrected chi connectivity index (χ2v) is 4.45. The Labute approximate surface area is 124 Å². The van der Waals surface area contributed by atoms with Crippen molar-refractivity contribution in [3.05, 3.63) is 35.9 Å². The second kappa shape index (κ2) is 9.10. The van der Waals surface area contributed by atoms with Crippen LogP contribution < -0.4 is 5.73 Å². The zero-order chi connectivity index (χ0) is 15.7. The normalized spacial score (nSPS) is 11.8. The van der Waals surface area contributed by atoms with E-state index in [2.05, 4.69) is 0 Å². The van der Waals surface area contributed by atoms with Gasteiger partial charge < -0.3 is 20.1 Å². The Bertz CT molecular complexity index is 450. The van der Waals surface area contributed by atoms with Gasteiger partial charge in [-0.2, -0.15) is 0 Å². The number of hydrogen-bond acceptors (Lipinski definition) is 5. The molecule has 0 aliphatic rings. The van der Waals surface area contributed by atoms with Crippen LogP contribution in [0.1, 0.15) is 18.5 Å². The number of ether oxygens (including phenoxy) is 2. The average Bonchev–Trinajstić information content (AvgIpc) is 2.51. The molecular weight excluding hydrogens is 272 g/mol. The SMILES string of the molecule is CCOC(=O)CN(CCOC)C(=O)[C@@H](N)c1ccccc1. The van der Waals surface area contributed by atoms with Gasteiger partial charge in [0.1, 0.15) is 12.6 Å². The fourth-order valence-electron chi connectivity index (χ4n) is 1.83. The fourth-order valence-corrected chi connectivity index (χ4v) is 1.83. The number of nitrogens with zero attached hydrogens (tertiary/aromatic N) is 1. The Hall–Kier alpha value is -1.92. The minimum Gasteiger partial charge on any atom is -0.465 e. The first-order valence-electron chi connectivity index (χ1n) is 6.84. The minimum atomic E-state index is -0.808. The van der Waals surface area contributed by atoms with Crippen LogP contribution >= 0.6 is 0 Å². The van der Waals surface area contributed by atoms with E-state index in [0.717, 1.165) is 0 Å². The van der Waals surface area contributed by atoms with Gasteiger partial charge in [-0.15, -0.1) is 0 Å². The highest BCUT2D eigenvalue weighted by Gasteiger charge is 2.24. The van der Waals surface area contributed by atoms with Crippen LogP contribution in [0.2, 0.25) is 0 Å². The lowest BCUT2D eigenvalue weighted by Crippen LogP contribution is -2.43. The monoisotopic (exact) mass is 294 g/mol. The molecule has 0 saturated carbocycles. The van der Waals surface area contributed by atoms with Gasteiger partial charge in [0.05, 0.1) is 13.2 Å². The van der Waals surface area contributed by atoms with Gasteiger partial charge in [0, 0.05) is 13.7 Å². The molecule has 21 heavy (non-hydrogen) atoms. The van der Waals surface area contributed by atoms with E-state index >= 15 is 0 Å². The number of benzene rings is 1. The molecule has 0 saturated heterocycles. The summed E-state index contributed by atoms with van der Waals surface area (Å²) in [6, 6.07) is 8.23. The Kier molecular flexibility index (Phi) is 7.42. The number of esters is 1. The van der Waals surface area contributed by atoms with Crippen molar-refractivity contribution in [1.82, 2.24) is 4.90 Å². The van der Waals surface area contributed by atoms with Crippen LogP contribution in [0.3, 0.4) is 0 Å². The molecule has 1 amide bonds. The predicted octanol–water partition coefficient (Wildman–Crippen LogP) is 0.725. The van der Waals surface area contributed by atoms with E-state index < -0.39 is 12.0 Å². The standard InChI is InChI=1S/C15H22N2O4/c1-3-21-13(18)11-17(9-10-20-2)15(19)14(16)12-7-5-4-6-8-12/h4-8,14H,3,9-11,16H2,1-2H3/t14-/m0/s1. The Morgan fingerprint density at radius 2 is 1.95 bits per heavy atom. The van der Waals surface area contributed by atoms with Crippen molar-refractivity contribution in [2.24, 2.45) is 5.73 Å². The van der Waals surface area contributed by atoms with E-state index in [0.29, 0.717) is 12.2 Å². The topological polar surface area (TPSA) is 81.9 Å². The van der Waals surface area contributed by atoms with Crippen LogP contribution in [0.15, 0.2) is 30.3 Å². The van der Waals surface area contributed by atoms with E-state index in [1.807, 2.05) is 18.2 Å². The lowest BCUT2D eigenvalue weighted by molar-refractivity contribution is -0.149. The van der Waals surface area contributed by atoms with E-state index in [4.69, 9.17) is 15.2 Å². The maximum absolute atomic E-state index is 12.4. The van der Waals surface area contributed by atoms with Crippen molar-refractivity contribution < 1.29 is 19.1 Å². The fraction of sp³-hybridized carbons (Fsp3) is 0.467. The Morgan fingerprint density at radius 1 is 1.29 bits per heavy atom. The summed E-state index contributed by atoms with van der Waals surface area (Å²) in [4.78, 5) is 25.4. The lowest BCUT2D eigenvalue weighted by atomic mass is 10.1. The van der Waals surface area contributed by atoms with E-state index in [-0.39, 0.29) is 25.6 Å². The van der Waals surface area contributed by atoms with Crippen molar-refractivity contribution in [2.75, 3.05) is 33.4 Å². The van der Waals surface area contributed by atoms with Gasteiger partial charge in [-0.05, 0) is 12.5 Å². The van der Waals surface area contributed by atoms with Crippen molar-refractivity contribution in [2.45, 2.75) is 13.0 Å². The average molecular weight is 294 g/mol. The summed E-state index contributed by atoms with van der Waals surface area (Å²) in [6.45, 7) is 2.47. The molecule has 0 bridgehead atoms. The molecule has 0 fully saturated rings. The van der Waals surface area contributed by atoms with Crippen LogP contribution in [0.5, 0.6) is 0 Å². The molecule has 0 aliphatic carbocycles. The number of methoxy groups -OCH3 is 1. The van der Waals surface area contributed by atoms with Gasteiger partial charge in [0.15, 0.2) is 0 Å². The van der Waals surface area contributed by atoms with Gasteiger partial charge in [-0.25, -0.2) is 0 Å². The molecule has 0 aliphatic heterocycles. The molecule has 1 rings (SSSR count). The van der Waals surface area contributed by atoms with Gasteiger partial charge in [0.25, 0.3) is 0 Å². The zero-order valence-corrected chi connectivity index (χ0v) is 12.5. The molecule has 116 valence electrons. The smallest absolute Gasteiger partial charge is 0.325 e. The molecule has 0 radical (unpaired) electrons. The first kappa shape index (κ1) is 17.1. The molecule has 1 atom stereocenters. The number of amides is 1. The zero-order valence-electron chi connectivity index (χ0n) is 12.5. The van der Waals surface area contributed by atoms with E-state index in [1.165, 1.54) is 12.0 Å². The van der Waals surface area contributed by atoms with Crippen LogP contribution in [0.4, 0.5) is 0 Å². The van der Waals surface area contributed by atoms with E-state index in [9.17, 15) is 9.59 Å². The summed E-state index contributed by atoms with van der Waals surface area (Å²) in [6.07, 6.45) is 0. The van der Waals surface area contributed by atoms with Crippen LogP contribution in [-0.2, 0) is 19.1 Å². The summed E-state index contributed by atoms with van der Waals surface area (Å²) < 4.78 is 9.84. The quantitative estimate of drug-likeness (QED) is 0.715. The van der Waals surface area contributed by atoms with E-state index in [1.54, 1.807) is 19.1 Å². The minimum absolute atomic E-state index is 0.128. The van der Waals surface area contributed by atoms with Gasteiger partial charge >= 0.3 is 5.97 Å². The molecule has 6 heteroatoms. The molecular formula is C15H22N2O4. The number of carbonyl (C=O) groups is 2. The maximum atomic E-state index is 12.4. The summed E-state index contributed by atoms with van der Waals surface area (Å²) in [5.74, 6) is -0.784.